The summed E-state index contributed by atoms with van der Waals surface area (Å²) in [5, 5.41) is 2.95. The Morgan fingerprint density at radius 2 is 1.15 bits per heavy atom. The molecule has 134 valence electrons. The number of carbonyl (C=O) groups is 1. The maximum atomic E-state index is 12.7. The van der Waals surface area contributed by atoms with Crippen molar-refractivity contribution < 1.29 is 9.53 Å². The molecule has 0 aliphatic rings. The molecule has 0 amide bonds. The monoisotopic (exact) mass is 446 g/mol. The van der Waals surface area contributed by atoms with Crippen molar-refractivity contribution in [1.82, 2.24) is 0 Å². The predicted molar refractivity (Wildman–Crippen MR) is 119 cm³/mol. The van der Waals surface area contributed by atoms with Gasteiger partial charge in [0.05, 0.1) is 0 Å². The molecule has 0 aliphatic carbocycles. The molecule has 5 heteroatoms. The normalized spacial score (nSPS) is 12.8. The zero-order valence-electron chi connectivity index (χ0n) is 14.4. The van der Waals surface area contributed by atoms with Gasteiger partial charge in [0.2, 0.25) is 0 Å². The van der Waals surface area contributed by atoms with Gasteiger partial charge in [-0.25, -0.2) is 0 Å². The van der Waals surface area contributed by atoms with Crippen LogP contribution in [-0.2, 0) is 4.74 Å². The van der Waals surface area contributed by atoms with Crippen LogP contribution in [0.2, 0.25) is 0 Å². The first-order chi connectivity index (χ1) is 12.6. The summed E-state index contributed by atoms with van der Waals surface area (Å²) in [5.41, 5.74) is 0. The fourth-order valence-corrected chi connectivity index (χ4v) is 13.0. The Morgan fingerprint density at radius 3 is 1.46 bits per heavy atom. The van der Waals surface area contributed by atoms with Crippen LogP contribution in [0.25, 0.3) is 0 Å². The van der Waals surface area contributed by atoms with E-state index < -0.39 is 4.51 Å². The molecule has 0 fully saturated rings. The topological polar surface area (TPSA) is 26.3 Å². The first kappa shape index (κ1) is 19.2. The molecule has 0 radical (unpaired) electrons. The molecule has 3 aromatic carbocycles. The SMILES string of the molecule is CCOC(=O)SP(Br)(c1ccccc1)(c1ccccc1)c1ccccc1. The zero-order valence-corrected chi connectivity index (χ0v) is 17.7. The third kappa shape index (κ3) is 3.34. The van der Waals surface area contributed by atoms with Crippen molar-refractivity contribution in [2.45, 2.75) is 6.92 Å². The van der Waals surface area contributed by atoms with Gasteiger partial charge < -0.3 is 0 Å². The van der Waals surface area contributed by atoms with Crippen molar-refractivity contribution in [3.05, 3.63) is 91.0 Å². The van der Waals surface area contributed by atoms with Crippen LogP contribution in [0, 0.1) is 0 Å². The van der Waals surface area contributed by atoms with Crippen molar-refractivity contribution in [2.75, 3.05) is 6.61 Å². The van der Waals surface area contributed by atoms with Crippen LogP contribution in [0.1, 0.15) is 6.92 Å². The van der Waals surface area contributed by atoms with Gasteiger partial charge >= 0.3 is 167 Å². The van der Waals surface area contributed by atoms with Gasteiger partial charge in [-0.2, -0.15) is 0 Å². The molecule has 0 aliphatic heterocycles. The number of hydrogen-bond acceptors (Lipinski definition) is 3. The van der Waals surface area contributed by atoms with Gasteiger partial charge in [-0.15, -0.1) is 0 Å². The van der Waals surface area contributed by atoms with Crippen LogP contribution in [0.15, 0.2) is 91.0 Å². The van der Waals surface area contributed by atoms with E-state index in [2.05, 4.69) is 51.9 Å². The fraction of sp³-hybridized carbons (Fsp3) is 0.0952. The summed E-state index contributed by atoms with van der Waals surface area (Å²) in [4.78, 5) is 12.7. The van der Waals surface area contributed by atoms with Gasteiger partial charge in [-0.05, 0) is 0 Å². The second kappa shape index (κ2) is 7.96. The van der Waals surface area contributed by atoms with E-state index in [1.807, 2.05) is 61.5 Å². The number of hydrogen-bond donors (Lipinski definition) is 0. The minimum atomic E-state index is -3.28. The zero-order chi connectivity index (χ0) is 18.5. The Kier molecular flexibility index (Phi) is 5.86. The van der Waals surface area contributed by atoms with Crippen LogP contribution in [0.5, 0.6) is 0 Å². The molecule has 26 heavy (non-hydrogen) atoms. The maximum absolute atomic E-state index is 12.7. The number of carbonyl (C=O) groups excluding carboxylic acids is 1. The number of benzene rings is 3. The summed E-state index contributed by atoms with van der Waals surface area (Å²) in [7, 11) is 0. The molecular weight excluding hydrogens is 427 g/mol. The first-order valence-electron chi connectivity index (χ1n) is 8.36. The van der Waals surface area contributed by atoms with Crippen LogP contribution in [-0.4, -0.2) is 11.9 Å². The third-order valence-electron chi connectivity index (χ3n) is 4.16. The van der Waals surface area contributed by atoms with Crippen molar-refractivity contribution in [3.8, 4) is 0 Å². The van der Waals surface area contributed by atoms with Crippen molar-refractivity contribution in [3.63, 3.8) is 0 Å². The van der Waals surface area contributed by atoms with Gasteiger partial charge in [0.25, 0.3) is 0 Å². The second-order valence-corrected chi connectivity index (χ2v) is 18.0. The molecule has 3 rings (SSSR count). The summed E-state index contributed by atoms with van der Waals surface area (Å²) in [6.45, 7) is 2.18. The molecule has 3 aromatic rings. The average molecular weight is 447 g/mol. The molecule has 0 spiro atoms. The van der Waals surface area contributed by atoms with Gasteiger partial charge in [-0.1, -0.05) is 0 Å². The summed E-state index contributed by atoms with van der Waals surface area (Å²) < 4.78 is 2.07. The van der Waals surface area contributed by atoms with Crippen molar-refractivity contribution >= 4 is 52.6 Å². The number of halogens is 1. The molecule has 0 atom stereocenters. The molecule has 0 saturated heterocycles. The summed E-state index contributed by atoms with van der Waals surface area (Å²) in [6, 6.07) is 30.5. The standard InChI is InChI=1S/C21H20BrO2PS/c1-2-24-21(23)26-25(22,18-12-6-3-7-13-18,19-14-8-4-9-15-19)20-16-10-5-11-17-20/h3-17H,2H2,1H3. The summed E-state index contributed by atoms with van der Waals surface area (Å²) >= 11 is 5.45. The molecule has 0 N–H and O–H groups in total. The number of ether oxygens (including phenoxy) is 1. The third-order valence-corrected chi connectivity index (χ3v) is 16.8. The summed E-state index contributed by atoms with van der Waals surface area (Å²) in [6.07, 6.45) is 0. The van der Waals surface area contributed by atoms with E-state index in [1.165, 1.54) is 11.4 Å². The van der Waals surface area contributed by atoms with E-state index in [4.69, 9.17) is 4.74 Å². The fourth-order valence-electron chi connectivity index (χ4n) is 2.97. The van der Waals surface area contributed by atoms with Crippen LogP contribution >= 0.6 is 31.4 Å². The van der Waals surface area contributed by atoms with Crippen LogP contribution in [0.4, 0.5) is 4.79 Å². The Labute approximate surface area is 166 Å². The Bertz CT molecular complexity index is 773. The quantitative estimate of drug-likeness (QED) is 0.375. The predicted octanol–water partition coefficient (Wildman–Crippen LogP) is 5.63. The molecule has 0 bridgehead atoms. The van der Waals surface area contributed by atoms with Gasteiger partial charge in [0.15, 0.2) is 0 Å². The average Bonchev–Trinajstić information content (AvgIpc) is 2.70. The Morgan fingerprint density at radius 1 is 0.808 bits per heavy atom. The van der Waals surface area contributed by atoms with Crippen LogP contribution < -0.4 is 15.9 Å². The molecule has 2 nitrogen and oxygen atoms in total. The van der Waals surface area contributed by atoms with E-state index in [1.54, 1.807) is 0 Å². The van der Waals surface area contributed by atoms with Gasteiger partial charge in [0, 0.05) is 0 Å². The van der Waals surface area contributed by atoms with Crippen molar-refractivity contribution in [2.24, 2.45) is 0 Å². The summed E-state index contributed by atoms with van der Waals surface area (Å²) in [5.74, 6) is 0. The van der Waals surface area contributed by atoms with E-state index >= 15 is 0 Å². The van der Waals surface area contributed by atoms with E-state index in [0.717, 1.165) is 15.9 Å². The Hall–Kier alpha value is -1.61. The number of rotatable bonds is 5. The van der Waals surface area contributed by atoms with E-state index in [0.29, 0.717) is 6.61 Å². The van der Waals surface area contributed by atoms with E-state index in [9.17, 15) is 4.79 Å². The molecule has 0 saturated carbocycles. The van der Waals surface area contributed by atoms with Crippen molar-refractivity contribution in [1.29, 1.82) is 0 Å². The van der Waals surface area contributed by atoms with Gasteiger partial charge in [0.1, 0.15) is 0 Å². The molecule has 0 aromatic heterocycles. The molecule has 0 unspecified atom stereocenters. The molecular formula is C21H20BrO2PS. The van der Waals surface area contributed by atoms with Crippen LogP contribution in [0.3, 0.4) is 0 Å². The Balaban J connectivity index is 2.37. The van der Waals surface area contributed by atoms with E-state index in [-0.39, 0.29) is 5.30 Å². The molecule has 0 heterocycles. The first-order valence-corrected chi connectivity index (χ1v) is 14.0. The second-order valence-electron chi connectivity index (χ2n) is 5.71. The van der Waals surface area contributed by atoms with Gasteiger partial charge in [-0.3, -0.25) is 0 Å². The minimum absolute atomic E-state index is 0.279.